The topological polar surface area (TPSA) is 127 Å². The number of rotatable bonds is 9. The first kappa shape index (κ1) is 34.5. The van der Waals surface area contributed by atoms with E-state index in [9.17, 15) is 38.8 Å². The van der Waals surface area contributed by atoms with E-state index in [0.717, 1.165) is 76.2 Å². The molecule has 0 heterocycles. The summed E-state index contributed by atoms with van der Waals surface area (Å²) in [5.41, 5.74) is -4.51. The van der Waals surface area contributed by atoms with E-state index in [1.165, 1.54) is 0 Å². The monoisotopic (exact) mass is 681 g/mol. The molecular formula is C27H40F5NO7S3. The molecule has 248 valence electrons. The fourth-order valence-corrected chi connectivity index (χ4v) is 11.4. The molecule has 0 aromatic heterocycles. The lowest BCUT2D eigenvalue weighted by Crippen LogP contribution is -2.62. The Morgan fingerprint density at radius 1 is 0.744 bits per heavy atom. The van der Waals surface area contributed by atoms with Crippen LogP contribution in [0.15, 0.2) is 12.1 Å². The Kier molecular flexibility index (Phi) is 9.71. The molecule has 0 radical (unpaired) electrons. The molecule has 8 nitrogen and oxygen atoms in total. The first-order valence-corrected chi connectivity index (χ1v) is 20.0. The predicted molar refractivity (Wildman–Crippen MR) is 153 cm³/mol. The second-order valence-corrected chi connectivity index (χ2v) is 19.4. The van der Waals surface area contributed by atoms with Crippen LogP contribution in [0.3, 0.4) is 0 Å². The van der Waals surface area contributed by atoms with E-state index >= 15 is 8.78 Å². The van der Waals surface area contributed by atoms with Crippen molar-refractivity contribution in [2.24, 2.45) is 0 Å². The largest absolute Gasteiger partial charge is 0.505 e. The average molecular weight is 682 g/mol. The van der Waals surface area contributed by atoms with Crippen LogP contribution in [-0.2, 0) is 29.7 Å². The maximum Gasteiger partial charge on any atom is 0.505 e. The Morgan fingerprint density at radius 2 is 1.12 bits per heavy atom. The number of sulfonamides is 1. The molecule has 3 aliphatic rings. The molecule has 0 amide bonds. The van der Waals surface area contributed by atoms with Crippen molar-refractivity contribution in [3.8, 4) is 5.75 Å². The Hall–Kier alpha value is -1.36. The van der Waals surface area contributed by atoms with Crippen molar-refractivity contribution in [3.63, 3.8) is 0 Å². The predicted octanol–water partition coefficient (Wildman–Crippen LogP) is 7.37. The molecule has 0 aliphatic heterocycles. The molecule has 0 saturated heterocycles. The van der Waals surface area contributed by atoms with E-state index < -0.39 is 51.8 Å². The SMILES string of the molecule is CS(=O)(O)(NS(=O)(=O)C(F)(F)S(=O)(=O)Oc1c(C2CCCCC2)cc(C2CCCCC2)cc1C1CCCCC1)C(F)(F)F. The minimum Gasteiger partial charge on any atom is -0.377 e. The number of halogens is 5. The highest BCUT2D eigenvalue weighted by Crippen LogP contribution is 2.49. The summed E-state index contributed by atoms with van der Waals surface area (Å²) in [6, 6.07) is 3.56. The molecule has 3 fully saturated rings. The van der Waals surface area contributed by atoms with Gasteiger partial charge in [-0.25, -0.2) is 8.42 Å². The fourth-order valence-electron chi connectivity index (χ4n) is 6.55. The summed E-state index contributed by atoms with van der Waals surface area (Å²) >= 11 is 0. The van der Waals surface area contributed by atoms with Crippen LogP contribution in [0, 0.1) is 0 Å². The van der Waals surface area contributed by atoms with Crippen LogP contribution in [0.1, 0.15) is 131 Å². The van der Waals surface area contributed by atoms with E-state index in [1.54, 1.807) is 12.1 Å². The zero-order valence-corrected chi connectivity index (χ0v) is 26.5. The molecule has 3 saturated carbocycles. The van der Waals surface area contributed by atoms with Gasteiger partial charge in [-0.3, -0.25) is 4.55 Å². The third-order valence-corrected chi connectivity index (χ3v) is 15.4. The summed E-state index contributed by atoms with van der Waals surface area (Å²) in [5, 5.41) is 0. The van der Waals surface area contributed by atoms with Gasteiger partial charge in [0.05, 0.1) is 0 Å². The molecule has 43 heavy (non-hydrogen) atoms. The average Bonchev–Trinajstić information content (AvgIpc) is 2.92. The third kappa shape index (κ3) is 7.07. The minimum absolute atomic E-state index is 0.0356. The lowest BCUT2D eigenvalue weighted by atomic mass is 9.75. The van der Waals surface area contributed by atoms with Gasteiger partial charge in [-0.15, -0.1) is 4.13 Å². The molecule has 3 aliphatic carbocycles. The van der Waals surface area contributed by atoms with E-state index in [1.807, 2.05) is 0 Å². The van der Waals surface area contributed by atoms with Crippen LogP contribution in [0.5, 0.6) is 5.75 Å². The van der Waals surface area contributed by atoms with E-state index in [-0.39, 0.29) is 21.9 Å². The molecule has 0 atom stereocenters. The second kappa shape index (κ2) is 12.1. The van der Waals surface area contributed by atoms with Crippen molar-refractivity contribution in [1.82, 2.24) is 4.13 Å². The molecule has 4 rings (SSSR count). The van der Waals surface area contributed by atoms with Gasteiger partial charge in [0.15, 0.2) is 0 Å². The van der Waals surface area contributed by atoms with Crippen LogP contribution in [0.25, 0.3) is 0 Å². The minimum atomic E-state index is -7.51. The zero-order valence-electron chi connectivity index (χ0n) is 24.0. The Labute approximate surface area is 250 Å². The Morgan fingerprint density at radius 3 is 1.49 bits per heavy atom. The number of alkyl halides is 5. The van der Waals surface area contributed by atoms with Crippen molar-refractivity contribution in [1.29, 1.82) is 0 Å². The van der Waals surface area contributed by atoms with Crippen LogP contribution in [0.2, 0.25) is 0 Å². The van der Waals surface area contributed by atoms with Gasteiger partial charge in [0.25, 0.3) is 0 Å². The summed E-state index contributed by atoms with van der Waals surface area (Å²) in [6.45, 7) is 0. The molecule has 2 N–H and O–H groups in total. The van der Waals surface area contributed by atoms with Crippen LogP contribution in [-0.4, -0.2) is 41.9 Å². The fraction of sp³-hybridized carbons (Fsp3) is 0.778. The number of benzene rings is 1. The standard InChI is InChI=1S/C27H40F5NO7S3/c1-43(38,39,26(28,29)30)33-41(34,35)27(31,32)42(36,37)40-25-23(20-13-7-3-8-14-20)17-22(19-11-5-2-6-12-19)18-24(25)21-15-9-4-10-16-21/h17-21H,2-16H2,1H3,(H2,33,38,39). The second-order valence-electron chi connectivity index (χ2n) is 12.3. The van der Waals surface area contributed by atoms with Gasteiger partial charge in [-0.2, -0.15) is 34.6 Å². The highest BCUT2D eigenvalue weighted by Gasteiger charge is 2.65. The number of nitrogens with one attached hydrogen (secondary N) is 1. The van der Waals surface area contributed by atoms with Crippen molar-refractivity contribution >= 4 is 29.7 Å². The lowest BCUT2D eigenvalue weighted by molar-refractivity contribution is -0.0540. The molecular weight excluding hydrogens is 641 g/mol. The van der Waals surface area contributed by atoms with Crippen molar-refractivity contribution in [2.45, 2.75) is 124 Å². The highest BCUT2D eigenvalue weighted by atomic mass is 32.3. The van der Waals surface area contributed by atoms with Crippen LogP contribution >= 0.6 is 0 Å². The molecule has 1 aromatic rings. The normalized spacial score (nSPS) is 22.2. The quantitative estimate of drug-likeness (QED) is 0.206. The molecule has 0 unspecified atom stereocenters. The maximum absolute atomic E-state index is 15.3. The van der Waals surface area contributed by atoms with Gasteiger partial charge in [0.1, 0.15) is 5.75 Å². The summed E-state index contributed by atoms with van der Waals surface area (Å²) in [6.07, 6.45) is 12.0. The van der Waals surface area contributed by atoms with E-state index in [2.05, 4.69) is 0 Å². The summed E-state index contributed by atoms with van der Waals surface area (Å²) < 4.78 is 142. The summed E-state index contributed by atoms with van der Waals surface area (Å²) in [4.78, 5) is 0. The summed E-state index contributed by atoms with van der Waals surface area (Å²) in [5.74, 6) is -0.733. The first-order valence-electron chi connectivity index (χ1n) is 14.7. The Bertz CT molecular complexity index is 1410. The third-order valence-electron chi connectivity index (χ3n) is 8.98. The number of hydrogen-bond donors (Lipinski definition) is 2. The smallest absolute Gasteiger partial charge is 0.377 e. The van der Waals surface area contributed by atoms with Gasteiger partial charge >= 0.3 is 30.2 Å². The molecule has 16 heteroatoms. The van der Waals surface area contributed by atoms with Crippen molar-refractivity contribution < 1.29 is 51.7 Å². The van der Waals surface area contributed by atoms with Crippen molar-refractivity contribution in [2.75, 3.05) is 6.26 Å². The maximum atomic E-state index is 15.3. The number of hydrogen-bond acceptors (Lipinski definition) is 6. The van der Waals surface area contributed by atoms with E-state index in [4.69, 9.17) is 4.18 Å². The van der Waals surface area contributed by atoms with Crippen LogP contribution in [0.4, 0.5) is 22.0 Å². The molecule has 1 aromatic carbocycles. The van der Waals surface area contributed by atoms with Gasteiger partial charge in [0, 0.05) is 6.26 Å². The zero-order chi connectivity index (χ0) is 31.9. The highest BCUT2D eigenvalue weighted by molar-refractivity contribution is 8.22. The van der Waals surface area contributed by atoms with Crippen LogP contribution < -0.4 is 8.31 Å². The first-order chi connectivity index (χ1) is 19.7. The van der Waals surface area contributed by atoms with Gasteiger partial charge in [0.2, 0.25) is 0 Å². The Balaban J connectivity index is 1.84. The van der Waals surface area contributed by atoms with E-state index in [0.29, 0.717) is 36.8 Å². The summed E-state index contributed by atoms with van der Waals surface area (Å²) in [7, 11) is -21.0. The van der Waals surface area contributed by atoms with Crippen molar-refractivity contribution in [3.05, 3.63) is 28.8 Å². The van der Waals surface area contributed by atoms with Gasteiger partial charge in [-0.05, 0) is 82.5 Å². The van der Waals surface area contributed by atoms with Gasteiger partial charge < -0.3 is 4.18 Å². The van der Waals surface area contributed by atoms with Gasteiger partial charge in [-0.1, -0.05) is 69.9 Å². The molecule has 0 spiro atoms. The lowest BCUT2D eigenvalue weighted by Gasteiger charge is -2.40. The molecule has 0 bridgehead atoms.